The Morgan fingerprint density at radius 3 is 2.22 bits per heavy atom. The van der Waals surface area contributed by atoms with E-state index in [0.29, 0.717) is 6.54 Å². The molecule has 0 spiro atoms. The Kier molecular flexibility index (Phi) is 6.96. The van der Waals surface area contributed by atoms with Crippen molar-refractivity contribution in [3.8, 4) is 0 Å². The lowest BCUT2D eigenvalue weighted by Gasteiger charge is -2.18. The Hall–Kier alpha value is -2.41. The number of nitrogens with zero attached hydrogens (tertiary/aromatic N) is 2. The van der Waals surface area contributed by atoms with Crippen molar-refractivity contribution < 1.29 is 14.4 Å². The van der Waals surface area contributed by atoms with Crippen molar-refractivity contribution in [3.05, 3.63) is 35.4 Å². The topological polar surface area (TPSA) is 81.8 Å². The van der Waals surface area contributed by atoms with Crippen LogP contribution in [0, 0.1) is 0 Å². The summed E-state index contributed by atoms with van der Waals surface area (Å²) in [5.74, 6) is -0.489. The first-order valence-electron chi connectivity index (χ1n) is 9.47. The number of amides is 4. The molecule has 1 aliphatic heterocycles. The summed E-state index contributed by atoms with van der Waals surface area (Å²) in [6, 6.07) is 7.74. The molecule has 0 aliphatic carbocycles. The van der Waals surface area contributed by atoms with Crippen LogP contribution in [0.25, 0.3) is 0 Å². The van der Waals surface area contributed by atoms with Gasteiger partial charge in [-0.3, -0.25) is 19.4 Å². The minimum atomic E-state index is -0.902. The maximum absolute atomic E-state index is 12.1. The highest BCUT2D eigenvalue weighted by atomic mass is 16.2. The van der Waals surface area contributed by atoms with Gasteiger partial charge in [-0.15, -0.1) is 0 Å². The average Bonchev–Trinajstić information content (AvgIpc) is 2.84. The molecule has 0 saturated carbocycles. The van der Waals surface area contributed by atoms with Crippen LogP contribution in [0.4, 0.5) is 4.79 Å². The van der Waals surface area contributed by atoms with E-state index in [9.17, 15) is 14.4 Å². The van der Waals surface area contributed by atoms with E-state index in [-0.39, 0.29) is 24.8 Å². The standard InChI is InChI=1S/C20H30N4O3/c1-5-23(6-2)14-16-9-7-15(8-10-16)13-21-17(25)11-12-24-18(26)20(3,4)22-19(24)27/h7-10H,5-6,11-14H2,1-4H3,(H,21,25)(H,22,27). The molecule has 1 aromatic rings. The van der Waals surface area contributed by atoms with Crippen molar-refractivity contribution in [2.45, 2.75) is 52.7 Å². The van der Waals surface area contributed by atoms with E-state index in [4.69, 9.17) is 0 Å². The molecule has 2 N–H and O–H groups in total. The molecule has 1 fully saturated rings. The first-order valence-corrected chi connectivity index (χ1v) is 9.47. The molecule has 148 valence electrons. The summed E-state index contributed by atoms with van der Waals surface area (Å²) in [6.45, 7) is 11.1. The number of hydrogen-bond donors (Lipinski definition) is 2. The zero-order chi connectivity index (χ0) is 20.0. The van der Waals surface area contributed by atoms with Gasteiger partial charge in [-0.25, -0.2) is 4.79 Å². The number of rotatable bonds is 9. The Labute approximate surface area is 161 Å². The van der Waals surface area contributed by atoms with E-state index in [0.717, 1.165) is 30.1 Å². The Morgan fingerprint density at radius 2 is 1.70 bits per heavy atom. The molecule has 1 saturated heterocycles. The molecule has 0 unspecified atom stereocenters. The SMILES string of the molecule is CCN(CC)Cc1ccc(CNC(=O)CCN2C(=O)NC(C)(C)C2=O)cc1. The normalized spacial score (nSPS) is 16.0. The summed E-state index contributed by atoms with van der Waals surface area (Å²) in [4.78, 5) is 39.4. The van der Waals surface area contributed by atoms with Gasteiger partial charge in [0.1, 0.15) is 5.54 Å². The molecule has 0 atom stereocenters. The highest BCUT2D eigenvalue weighted by molar-refractivity contribution is 6.06. The van der Waals surface area contributed by atoms with Gasteiger partial charge in [0.2, 0.25) is 5.91 Å². The number of hydrogen-bond acceptors (Lipinski definition) is 4. The fourth-order valence-corrected chi connectivity index (χ4v) is 2.99. The van der Waals surface area contributed by atoms with Crippen molar-refractivity contribution in [1.29, 1.82) is 0 Å². The molecular formula is C20H30N4O3. The molecule has 0 aromatic heterocycles. The van der Waals surface area contributed by atoms with Crippen LogP contribution in [0.15, 0.2) is 24.3 Å². The van der Waals surface area contributed by atoms with Crippen LogP contribution >= 0.6 is 0 Å². The van der Waals surface area contributed by atoms with E-state index in [1.165, 1.54) is 5.56 Å². The Morgan fingerprint density at radius 1 is 1.11 bits per heavy atom. The van der Waals surface area contributed by atoms with Gasteiger partial charge in [0.25, 0.3) is 5.91 Å². The summed E-state index contributed by atoms with van der Waals surface area (Å²) >= 11 is 0. The van der Waals surface area contributed by atoms with Crippen LogP contribution in [0.2, 0.25) is 0 Å². The molecule has 27 heavy (non-hydrogen) atoms. The van der Waals surface area contributed by atoms with Gasteiger partial charge in [-0.1, -0.05) is 38.1 Å². The summed E-state index contributed by atoms with van der Waals surface area (Å²) in [5.41, 5.74) is 1.36. The highest BCUT2D eigenvalue weighted by Crippen LogP contribution is 2.16. The molecule has 1 heterocycles. The number of carbonyl (C=O) groups is 3. The first kappa shape index (κ1) is 20.9. The third-order valence-corrected chi connectivity index (χ3v) is 4.82. The van der Waals surface area contributed by atoms with E-state index < -0.39 is 11.6 Å². The fraction of sp³-hybridized carbons (Fsp3) is 0.550. The molecule has 4 amide bonds. The van der Waals surface area contributed by atoms with Crippen LogP contribution in [0.3, 0.4) is 0 Å². The lowest BCUT2D eigenvalue weighted by Crippen LogP contribution is -2.40. The van der Waals surface area contributed by atoms with Gasteiger partial charge in [0.15, 0.2) is 0 Å². The zero-order valence-electron chi connectivity index (χ0n) is 16.7. The Bertz CT molecular complexity index is 681. The second kappa shape index (κ2) is 8.99. The van der Waals surface area contributed by atoms with Gasteiger partial charge in [-0.2, -0.15) is 0 Å². The van der Waals surface area contributed by atoms with Crippen LogP contribution in [-0.2, 0) is 22.7 Å². The average molecular weight is 374 g/mol. The Balaban J connectivity index is 1.77. The number of urea groups is 1. The van der Waals surface area contributed by atoms with Crippen molar-refractivity contribution >= 4 is 17.8 Å². The maximum Gasteiger partial charge on any atom is 0.325 e. The predicted molar refractivity (Wildman–Crippen MR) is 104 cm³/mol. The summed E-state index contributed by atoms with van der Waals surface area (Å²) in [7, 11) is 0. The zero-order valence-corrected chi connectivity index (χ0v) is 16.7. The van der Waals surface area contributed by atoms with E-state index in [2.05, 4.69) is 41.5 Å². The monoisotopic (exact) mass is 374 g/mol. The van der Waals surface area contributed by atoms with E-state index in [1.807, 2.05) is 12.1 Å². The van der Waals surface area contributed by atoms with Gasteiger partial charge < -0.3 is 10.6 Å². The molecule has 1 aromatic carbocycles. The minimum absolute atomic E-state index is 0.0860. The largest absolute Gasteiger partial charge is 0.352 e. The third kappa shape index (κ3) is 5.53. The number of benzene rings is 1. The molecule has 7 heteroatoms. The molecule has 0 radical (unpaired) electrons. The smallest absolute Gasteiger partial charge is 0.325 e. The summed E-state index contributed by atoms with van der Waals surface area (Å²) < 4.78 is 0. The number of imide groups is 1. The van der Waals surface area contributed by atoms with Crippen LogP contribution in [0.5, 0.6) is 0 Å². The van der Waals surface area contributed by atoms with Crippen molar-refractivity contribution in [2.24, 2.45) is 0 Å². The van der Waals surface area contributed by atoms with Gasteiger partial charge in [-0.05, 0) is 38.1 Å². The predicted octanol–water partition coefficient (Wildman–Crippen LogP) is 1.87. The number of carbonyl (C=O) groups excluding carboxylic acids is 3. The first-order chi connectivity index (χ1) is 12.8. The van der Waals surface area contributed by atoms with Crippen LogP contribution in [-0.4, -0.2) is 52.8 Å². The van der Waals surface area contributed by atoms with E-state index >= 15 is 0 Å². The summed E-state index contributed by atoms with van der Waals surface area (Å²) in [6.07, 6.45) is 0.0925. The maximum atomic E-state index is 12.1. The van der Waals surface area contributed by atoms with Crippen molar-refractivity contribution in [3.63, 3.8) is 0 Å². The second-order valence-electron chi connectivity index (χ2n) is 7.32. The number of nitrogens with one attached hydrogen (secondary N) is 2. The van der Waals surface area contributed by atoms with Gasteiger partial charge >= 0.3 is 6.03 Å². The minimum Gasteiger partial charge on any atom is -0.352 e. The molecule has 7 nitrogen and oxygen atoms in total. The lowest BCUT2D eigenvalue weighted by atomic mass is 10.1. The highest BCUT2D eigenvalue weighted by Gasteiger charge is 2.43. The van der Waals surface area contributed by atoms with Crippen LogP contribution in [0.1, 0.15) is 45.2 Å². The summed E-state index contributed by atoms with van der Waals surface area (Å²) in [5, 5.41) is 5.44. The van der Waals surface area contributed by atoms with Crippen LogP contribution < -0.4 is 10.6 Å². The van der Waals surface area contributed by atoms with E-state index in [1.54, 1.807) is 13.8 Å². The second-order valence-corrected chi connectivity index (χ2v) is 7.32. The molecule has 1 aliphatic rings. The quantitative estimate of drug-likeness (QED) is 0.647. The fourth-order valence-electron chi connectivity index (χ4n) is 2.99. The lowest BCUT2D eigenvalue weighted by molar-refractivity contribution is -0.130. The molecule has 2 rings (SSSR count). The van der Waals surface area contributed by atoms with Crippen molar-refractivity contribution in [2.75, 3.05) is 19.6 Å². The molecule has 0 bridgehead atoms. The third-order valence-electron chi connectivity index (χ3n) is 4.82. The molecular weight excluding hydrogens is 344 g/mol. The van der Waals surface area contributed by atoms with Gasteiger partial charge in [0, 0.05) is 26.1 Å². The van der Waals surface area contributed by atoms with Gasteiger partial charge in [0.05, 0.1) is 0 Å². The van der Waals surface area contributed by atoms with Crippen molar-refractivity contribution in [1.82, 2.24) is 20.4 Å².